The molecule has 0 aliphatic carbocycles. The number of hydrogen-bond donors (Lipinski definition) is 1. The van der Waals surface area contributed by atoms with Gasteiger partial charge in [0.25, 0.3) is 0 Å². The summed E-state index contributed by atoms with van der Waals surface area (Å²) in [6, 6.07) is 26.5. The fourth-order valence-corrected chi connectivity index (χ4v) is 4.72. The summed E-state index contributed by atoms with van der Waals surface area (Å²) in [6.07, 6.45) is 0.597. The maximum absolute atomic E-state index is 6.31. The molecule has 1 atom stereocenters. The van der Waals surface area contributed by atoms with Crippen LogP contribution in [0.25, 0.3) is 22.4 Å². The molecule has 0 unspecified atom stereocenters. The zero-order chi connectivity index (χ0) is 22.2. The van der Waals surface area contributed by atoms with Gasteiger partial charge in [0.15, 0.2) is 5.76 Å². The third kappa shape index (κ3) is 3.90. The first kappa shape index (κ1) is 19.8. The molecule has 0 fully saturated rings. The lowest BCUT2D eigenvalue weighted by atomic mass is 9.94. The highest BCUT2D eigenvalue weighted by atomic mass is 32.1. The molecule has 0 bridgehead atoms. The van der Waals surface area contributed by atoms with Crippen molar-refractivity contribution in [3.05, 3.63) is 101 Å². The second kappa shape index (κ2) is 8.22. The second-order valence-corrected chi connectivity index (χ2v) is 8.94. The summed E-state index contributed by atoms with van der Waals surface area (Å²) < 4.78 is 12.3. The number of anilines is 1. The normalized spacial score (nSPS) is 16.5. The summed E-state index contributed by atoms with van der Waals surface area (Å²) in [7, 11) is 0. The van der Waals surface area contributed by atoms with E-state index in [-0.39, 0.29) is 6.10 Å². The number of furan rings is 1. The molecule has 5 nitrogen and oxygen atoms in total. The number of hydrazone groups is 1. The zero-order valence-electron chi connectivity index (χ0n) is 18.0. The molecule has 6 heteroatoms. The van der Waals surface area contributed by atoms with Crippen LogP contribution in [-0.4, -0.2) is 10.7 Å². The molecule has 1 aliphatic rings. The van der Waals surface area contributed by atoms with Crippen molar-refractivity contribution in [2.75, 3.05) is 5.43 Å². The number of benzene rings is 3. The van der Waals surface area contributed by atoms with Crippen LogP contribution in [0.3, 0.4) is 0 Å². The Labute approximate surface area is 195 Å². The van der Waals surface area contributed by atoms with Crippen LogP contribution >= 0.6 is 11.3 Å². The summed E-state index contributed by atoms with van der Waals surface area (Å²) >= 11 is 1.50. The summed E-state index contributed by atoms with van der Waals surface area (Å²) in [5.41, 5.74) is 9.10. The van der Waals surface area contributed by atoms with E-state index in [4.69, 9.17) is 14.3 Å². The molecule has 1 aliphatic heterocycles. The zero-order valence-corrected chi connectivity index (χ0v) is 18.8. The van der Waals surface area contributed by atoms with E-state index < -0.39 is 0 Å². The van der Waals surface area contributed by atoms with E-state index in [9.17, 15) is 0 Å². The molecule has 1 N–H and O–H groups in total. The molecule has 2 aromatic heterocycles. The maximum atomic E-state index is 6.31. The third-order valence-electron chi connectivity index (χ3n) is 5.73. The molecular weight excluding hydrogens is 430 g/mol. The van der Waals surface area contributed by atoms with Gasteiger partial charge in [0.05, 0.1) is 5.71 Å². The van der Waals surface area contributed by atoms with Crippen molar-refractivity contribution in [3.63, 3.8) is 0 Å². The van der Waals surface area contributed by atoms with Gasteiger partial charge in [0, 0.05) is 22.8 Å². The first-order valence-electron chi connectivity index (χ1n) is 10.8. The molecule has 3 aromatic carbocycles. The molecule has 0 radical (unpaired) electrons. The monoisotopic (exact) mass is 451 g/mol. The van der Waals surface area contributed by atoms with Crippen molar-refractivity contribution in [2.24, 2.45) is 5.10 Å². The summed E-state index contributed by atoms with van der Waals surface area (Å²) in [5, 5.41) is 8.53. The molecule has 0 amide bonds. The molecular formula is C27H21N3O2S. The molecule has 5 aromatic rings. The molecule has 0 spiro atoms. The fraction of sp³-hybridized carbons (Fsp3) is 0.111. The van der Waals surface area contributed by atoms with Gasteiger partial charge in [0.1, 0.15) is 23.1 Å². The van der Waals surface area contributed by atoms with Crippen molar-refractivity contribution >= 4 is 33.1 Å². The highest BCUT2D eigenvalue weighted by molar-refractivity contribution is 7.14. The number of fused-ring (bicyclic) bond motifs is 2. The van der Waals surface area contributed by atoms with Gasteiger partial charge in [0.2, 0.25) is 5.13 Å². The Morgan fingerprint density at radius 1 is 1.00 bits per heavy atom. The van der Waals surface area contributed by atoms with Crippen LogP contribution in [0.1, 0.15) is 29.2 Å². The Hall–Kier alpha value is -3.90. The van der Waals surface area contributed by atoms with Gasteiger partial charge >= 0.3 is 0 Å². The topological polar surface area (TPSA) is 59.7 Å². The number of nitrogens with one attached hydrogen (secondary N) is 1. The minimum Gasteiger partial charge on any atom is -0.485 e. The van der Waals surface area contributed by atoms with Gasteiger partial charge in [-0.1, -0.05) is 60.2 Å². The van der Waals surface area contributed by atoms with Crippen LogP contribution < -0.4 is 10.2 Å². The van der Waals surface area contributed by atoms with Gasteiger partial charge < -0.3 is 9.15 Å². The van der Waals surface area contributed by atoms with Crippen molar-refractivity contribution in [2.45, 2.75) is 19.4 Å². The number of aryl methyl sites for hydroxylation is 1. The Balaban J connectivity index is 1.29. The van der Waals surface area contributed by atoms with E-state index in [0.29, 0.717) is 6.42 Å². The number of rotatable bonds is 4. The molecule has 33 heavy (non-hydrogen) atoms. The summed E-state index contributed by atoms with van der Waals surface area (Å²) in [6.45, 7) is 2.08. The van der Waals surface area contributed by atoms with Gasteiger partial charge in [-0.2, -0.15) is 5.10 Å². The van der Waals surface area contributed by atoms with Crippen molar-refractivity contribution in [1.29, 1.82) is 0 Å². The number of thiazole rings is 1. The standard InChI is InChI=1S/C27H21N3O2S/c1-17-11-12-24-20(13-17)21(15-25(32-24)18-7-3-2-4-8-18)29-30-27-28-22(16-33-27)26-14-19-9-5-6-10-23(19)31-26/h2-14,16,25H,15H2,1H3,(H,28,30)/b29-21+/t25-/m0/s1. The minimum absolute atomic E-state index is 0.0793. The van der Waals surface area contributed by atoms with E-state index in [1.54, 1.807) is 0 Å². The van der Waals surface area contributed by atoms with Crippen LogP contribution in [0.2, 0.25) is 0 Å². The average Bonchev–Trinajstić information content (AvgIpc) is 3.50. The Kier molecular flexibility index (Phi) is 4.92. The smallest absolute Gasteiger partial charge is 0.204 e. The fourth-order valence-electron chi connectivity index (χ4n) is 4.07. The van der Waals surface area contributed by atoms with E-state index in [1.165, 1.54) is 16.9 Å². The number of nitrogens with zero attached hydrogens (tertiary/aromatic N) is 2. The lowest BCUT2D eigenvalue weighted by molar-refractivity contribution is 0.206. The minimum atomic E-state index is -0.0793. The predicted molar refractivity (Wildman–Crippen MR) is 133 cm³/mol. The molecule has 6 rings (SSSR count). The van der Waals surface area contributed by atoms with Crippen molar-refractivity contribution in [1.82, 2.24) is 4.98 Å². The number of ether oxygens (including phenoxy) is 1. The molecule has 0 saturated heterocycles. The first-order chi connectivity index (χ1) is 16.2. The largest absolute Gasteiger partial charge is 0.485 e. The Morgan fingerprint density at radius 2 is 1.85 bits per heavy atom. The van der Waals surface area contributed by atoms with Gasteiger partial charge in [-0.15, -0.1) is 11.3 Å². The van der Waals surface area contributed by atoms with E-state index in [2.05, 4.69) is 41.6 Å². The van der Waals surface area contributed by atoms with Gasteiger partial charge in [-0.25, -0.2) is 4.98 Å². The van der Waals surface area contributed by atoms with E-state index >= 15 is 0 Å². The average molecular weight is 452 g/mol. The summed E-state index contributed by atoms with van der Waals surface area (Å²) in [4.78, 5) is 4.69. The lowest BCUT2D eigenvalue weighted by Gasteiger charge is -2.27. The maximum Gasteiger partial charge on any atom is 0.204 e. The second-order valence-electron chi connectivity index (χ2n) is 8.08. The first-order valence-corrected chi connectivity index (χ1v) is 11.7. The quantitative estimate of drug-likeness (QED) is 0.293. The van der Waals surface area contributed by atoms with E-state index in [1.807, 2.05) is 60.0 Å². The van der Waals surface area contributed by atoms with E-state index in [0.717, 1.165) is 50.1 Å². The molecule has 162 valence electrons. The van der Waals surface area contributed by atoms with Gasteiger partial charge in [-0.3, -0.25) is 5.43 Å². The number of para-hydroxylation sites is 1. The highest BCUT2D eigenvalue weighted by Crippen LogP contribution is 2.36. The van der Waals surface area contributed by atoms with Crippen molar-refractivity contribution < 1.29 is 9.15 Å². The lowest BCUT2D eigenvalue weighted by Crippen LogP contribution is -2.22. The SMILES string of the molecule is Cc1ccc2c(c1)/C(=N/Nc1nc(-c3cc4ccccc4o3)cs1)C[C@@H](c1ccccc1)O2. The van der Waals surface area contributed by atoms with Crippen LogP contribution in [0.15, 0.2) is 93.8 Å². The Bertz CT molecular complexity index is 1440. The van der Waals surface area contributed by atoms with Crippen LogP contribution in [0.5, 0.6) is 5.75 Å². The molecule has 3 heterocycles. The molecule has 0 saturated carbocycles. The van der Waals surface area contributed by atoms with Crippen LogP contribution in [0.4, 0.5) is 5.13 Å². The number of aromatic nitrogens is 1. The highest BCUT2D eigenvalue weighted by Gasteiger charge is 2.26. The predicted octanol–water partition coefficient (Wildman–Crippen LogP) is 7.20. The van der Waals surface area contributed by atoms with Gasteiger partial charge in [-0.05, 0) is 36.8 Å². The van der Waals surface area contributed by atoms with Crippen molar-refractivity contribution in [3.8, 4) is 17.2 Å². The Morgan fingerprint density at radius 3 is 2.73 bits per heavy atom. The van der Waals surface area contributed by atoms with Crippen LogP contribution in [-0.2, 0) is 0 Å². The van der Waals surface area contributed by atoms with Crippen LogP contribution in [0, 0.1) is 6.92 Å². The summed E-state index contributed by atoms with van der Waals surface area (Å²) in [5.74, 6) is 1.60. The third-order valence-corrected chi connectivity index (χ3v) is 6.48. The number of hydrogen-bond acceptors (Lipinski definition) is 6.